The number of carbonyl (C=O) groups excluding carboxylic acids is 1. The number of nitrogens with zero attached hydrogens (tertiary/aromatic N) is 3. The van der Waals surface area contributed by atoms with Gasteiger partial charge in [-0.15, -0.1) is 0 Å². The van der Waals surface area contributed by atoms with Gasteiger partial charge in [-0.1, -0.05) is 0 Å². The lowest BCUT2D eigenvalue weighted by molar-refractivity contribution is 0.0827. The molecule has 2 heterocycles. The topological polar surface area (TPSA) is 71.1 Å². The Labute approximate surface area is 127 Å². The van der Waals surface area contributed by atoms with Crippen LogP contribution in [0.1, 0.15) is 10.4 Å². The molecule has 3 aromatic rings. The van der Waals surface area contributed by atoms with Crippen LogP contribution in [0.15, 0.2) is 36.5 Å². The quantitative estimate of drug-likeness (QED) is 0.805. The fourth-order valence-corrected chi connectivity index (χ4v) is 2.25. The minimum absolute atomic E-state index is 0.0730. The van der Waals surface area contributed by atoms with Crippen LogP contribution in [-0.4, -0.2) is 47.0 Å². The van der Waals surface area contributed by atoms with Crippen LogP contribution in [0.3, 0.4) is 0 Å². The van der Waals surface area contributed by atoms with E-state index < -0.39 is 0 Å². The van der Waals surface area contributed by atoms with E-state index in [1.165, 1.54) is 4.90 Å². The SMILES string of the molecule is COc1cc(C(=O)N(C)C)ccc1-c1nc2ncccc2[nH]1. The summed E-state index contributed by atoms with van der Waals surface area (Å²) in [5.41, 5.74) is 2.86. The Morgan fingerprint density at radius 3 is 2.77 bits per heavy atom. The van der Waals surface area contributed by atoms with Gasteiger partial charge in [0.1, 0.15) is 11.6 Å². The van der Waals surface area contributed by atoms with Crippen LogP contribution in [0.25, 0.3) is 22.6 Å². The molecule has 6 nitrogen and oxygen atoms in total. The molecular weight excluding hydrogens is 280 g/mol. The van der Waals surface area contributed by atoms with Gasteiger partial charge in [0.05, 0.1) is 18.2 Å². The Bertz CT molecular complexity index is 806. The van der Waals surface area contributed by atoms with E-state index in [9.17, 15) is 4.79 Å². The van der Waals surface area contributed by atoms with Crippen molar-refractivity contribution in [2.75, 3.05) is 21.2 Å². The number of rotatable bonds is 3. The zero-order chi connectivity index (χ0) is 15.7. The van der Waals surface area contributed by atoms with Gasteiger partial charge in [-0.25, -0.2) is 9.97 Å². The van der Waals surface area contributed by atoms with E-state index in [-0.39, 0.29) is 5.91 Å². The summed E-state index contributed by atoms with van der Waals surface area (Å²) in [6.07, 6.45) is 1.70. The summed E-state index contributed by atoms with van der Waals surface area (Å²) in [5, 5.41) is 0. The number of benzene rings is 1. The van der Waals surface area contributed by atoms with Crippen molar-refractivity contribution in [1.82, 2.24) is 19.9 Å². The third kappa shape index (κ3) is 2.39. The van der Waals surface area contributed by atoms with E-state index >= 15 is 0 Å². The second kappa shape index (κ2) is 5.48. The lowest BCUT2D eigenvalue weighted by Gasteiger charge is -2.12. The molecule has 22 heavy (non-hydrogen) atoms. The third-order valence-electron chi connectivity index (χ3n) is 3.37. The maximum Gasteiger partial charge on any atom is 0.253 e. The van der Waals surface area contributed by atoms with Crippen molar-refractivity contribution in [2.45, 2.75) is 0 Å². The molecule has 0 bridgehead atoms. The summed E-state index contributed by atoms with van der Waals surface area (Å²) in [7, 11) is 5.00. The molecule has 6 heteroatoms. The Hall–Kier alpha value is -2.89. The zero-order valence-electron chi connectivity index (χ0n) is 12.6. The molecule has 0 aliphatic heterocycles. The van der Waals surface area contributed by atoms with Crippen LogP contribution in [-0.2, 0) is 0 Å². The van der Waals surface area contributed by atoms with Gasteiger partial charge in [0.15, 0.2) is 5.65 Å². The number of ether oxygens (including phenoxy) is 1. The smallest absolute Gasteiger partial charge is 0.253 e. The fourth-order valence-electron chi connectivity index (χ4n) is 2.25. The van der Waals surface area contributed by atoms with E-state index in [1.54, 1.807) is 39.5 Å². The number of imidazole rings is 1. The summed E-state index contributed by atoms with van der Waals surface area (Å²) in [4.78, 5) is 25.4. The van der Waals surface area contributed by atoms with Crippen LogP contribution in [0.5, 0.6) is 5.75 Å². The zero-order valence-corrected chi connectivity index (χ0v) is 12.6. The highest BCUT2D eigenvalue weighted by atomic mass is 16.5. The Kier molecular flexibility index (Phi) is 3.50. The summed E-state index contributed by atoms with van der Waals surface area (Å²) in [6, 6.07) is 9.07. The first-order valence-electron chi connectivity index (χ1n) is 6.81. The molecule has 0 aliphatic carbocycles. The lowest BCUT2D eigenvalue weighted by Crippen LogP contribution is -2.21. The Morgan fingerprint density at radius 2 is 2.09 bits per heavy atom. The first kappa shape index (κ1) is 14.1. The highest BCUT2D eigenvalue weighted by Gasteiger charge is 2.15. The number of carbonyl (C=O) groups is 1. The van der Waals surface area contributed by atoms with Crippen molar-refractivity contribution in [2.24, 2.45) is 0 Å². The standard InChI is InChI=1S/C16H16N4O2/c1-20(2)16(21)10-6-7-11(13(9-10)22-3)14-18-12-5-4-8-17-15(12)19-14/h4-9H,1-3H3,(H,17,18,19). The molecule has 112 valence electrons. The predicted molar refractivity (Wildman–Crippen MR) is 83.9 cm³/mol. The van der Waals surface area contributed by atoms with Gasteiger partial charge >= 0.3 is 0 Å². The van der Waals surface area contributed by atoms with Crippen molar-refractivity contribution < 1.29 is 9.53 Å². The fraction of sp³-hybridized carbons (Fsp3) is 0.188. The average Bonchev–Trinajstić information content (AvgIpc) is 2.97. The minimum Gasteiger partial charge on any atom is -0.496 e. The van der Waals surface area contributed by atoms with Crippen molar-refractivity contribution in [3.05, 3.63) is 42.1 Å². The predicted octanol–water partition coefficient (Wildman–Crippen LogP) is 2.34. The maximum absolute atomic E-state index is 12.0. The second-order valence-corrected chi connectivity index (χ2v) is 5.07. The molecular formula is C16H16N4O2. The minimum atomic E-state index is -0.0730. The Balaban J connectivity index is 2.08. The summed E-state index contributed by atoms with van der Waals surface area (Å²) in [5.74, 6) is 1.18. The van der Waals surface area contributed by atoms with Crippen LogP contribution in [0.2, 0.25) is 0 Å². The monoisotopic (exact) mass is 296 g/mol. The molecule has 0 fully saturated rings. The van der Waals surface area contributed by atoms with Crippen molar-refractivity contribution in [1.29, 1.82) is 0 Å². The highest BCUT2D eigenvalue weighted by Crippen LogP contribution is 2.30. The molecule has 0 radical (unpaired) electrons. The van der Waals surface area contributed by atoms with Gasteiger partial charge in [-0.2, -0.15) is 0 Å². The number of aromatic nitrogens is 3. The van der Waals surface area contributed by atoms with Crippen molar-refractivity contribution in [3.8, 4) is 17.1 Å². The van der Waals surface area contributed by atoms with Gasteiger partial charge < -0.3 is 14.6 Å². The highest BCUT2D eigenvalue weighted by molar-refractivity contribution is 5.95. The van der Waals surface area contributed by atoms with Crippen LogP contribution < -0.4 is 4.74 Å². The number of amides is 1. The lowest BCUT2D eigenvalue weighted by atomic mass is 10.1. The number of hydrogen-bond acceptors (Lipinski definition) is 4. The Morgan fingerprint density at radius 1 is 1.27 bits per heavy atom. The van der Waals surface area contributed by atoms with E-state index in [4.69, 9.17) is 4.74 Å². The molecule has 0 saturated heterocycles. The van der Waals surface area contributed by atoms with E-state index in [0.29, 0.717) is 22.8 Å². The molecule has 0 saturated carbocycles. The molecule has 1 aromatic carbocycles. The molecule has 0 spiro atoms. The van der Waals surface area contributed by atoms with Gasteiger partial charge in [0.25, 0.3) is 5.91 Å². The average molecular weight is 296 g/mol. The second-order valence-electron chi connectivity index (χ2n) is 5.07. The van der Waals surface area contributed by atoms with Crippen LogP contribution in [0.4, 0.5) is 0 Å². The first-order valence-corrected chi connectivity index (χ1v) is 6.81. The molecule has 1 amide bonds. The molecule has 3 rings (SSSR count). The molecule has 2 aromatic heterocycles. The number of H-pyrrole nitrogens is 1. The van der Waals surface area contributed by atoms with Gasteiger partial charge in [0, 0.05) is 25.9 Å². The molecule has 0 aliphatic rings. The largest absolute Gasteiger partial charge is 0.496 e. The van der Waals surface area contributed by atoms with Gasteiger partial charge in [-0.3, -0.25) is 4.79 Å². The van der Waals surface area contributed by atoms with Crippen LogP contribution in [0, 0.1) is 0 Å². The van der Waals surface area contributed by atoms with E-state index in [1.807, 2.05) is 18.2 Å². The molecule has 0 atom stereocenters. The summed E-state index contributed by atoms with van der Waals surface area (Å²) in [6.45, 7) is 0. The third-order valence-corrected chi connectivity index (χ3v) is 3.37. The number of aromatic amines is 1. The molecule has 0 unspecified atom stereocenters. The maximum atomic E-state index is 12.0. The summed E-state index contributed by atoms with van der Waals surface area (Å²) < 4.78 is 5.42. The van der Waals surface area contributed by atoms with Crippen molar-refractivity contribution >= 4 is 17.1 Å². The number of nitrogens with one attached hydrogen (secondary N) is 1. The van der Waals surface area contributed by atoms with E-state index in [2.05, 4.69) is 15.0 Å². The van der Waals surface area contributed by atoms with Crippen molar-refractivity contribution in [3.63, 3.8) is 0 Å². The number of methoxy groups -OCH3 is 1. The number of fused-ring (bicyclic) bond motifs is 1. The normalized spacial score (nSPS) is 10.7. The number of pyridine rings is 1. The van der Waals surface area contributed by atoms with E-state index in [0.717, 1.165) is 11.1 Å². The first-order chi connectivity index (χ1) is 10.6. The van der Waals surface area contributed by atoms with Gasteiger partial charge in [0.2, 0.25) is 0 Å². The molecule has 1 N–H and O–H groups in total. The summed E-state index contributed by atoms with van der Waals surface area (Å²) >= 11 is 0. The van der Waals surface area contributed by atoms with Gasteiger partial charge in [-0.05, 0) is 30.3 Å². The number of hydrogen-bond donors (Lipinski definition) is 1. The van der Waals surface area contributed by atoms with Crippen LogP contribution >= 0.6 is 0 Å².